The smallest absolute Gasteiger partial charge is 0.258 e. The Morgan fingerprint density at radius 1 is 1.00 bits per heavy atom. The van der Waals surface area contributed by atoms with Crippen LogP contribution >= 0.6 is 23.2 Å². The zero-order chi connectivity index (χ0) is 18.5. The van der Waals surface area contributed by atoms with E-state index in [4.69, 9.17) is 23.2 Å². The molecule has 0 atom stereocenters. The summed E-state index contributed by atoms with van der Waals surface area (Å²) in [7, 11) is 1.90. The number of hydrogen-bond donors (Lipinski definition) is 3. The maximum atomic E-state index is 12.7. The van der Waals surface area contributed by atoms with Crippen LogP contribution in [0.2, 0.25) is 10.0 Å². The van der Waals surface area contributed by atoms with E-state index >= 15 is 0 Å². The zero-order valence-corrected chi connectivity index (χ0v) is 15.7. The minimum absolute atomic E-state index is 0.246. The second-order valence-corrected chi connectivity index (χ2v) is 6.46. The Balaban J connectivity index is 1.93. The van der Waals surface area contributed by atoms with Gasteiger partial charge in [0, 0.05) is 30.4 Å². The molecule has 0 spiro atoms. The lowest BCUT2D eigenvalue weighted by Gasteiger charge is -2.13. The van der Waals surface area contributed by atoms with E-state index in [0.29, 0.717) is 21.2 Å². The number of benzene rings is 2. The number of para-hydroxylation sites is 1. The van der Waals surface area contributed by atoms with Gasteiger partial charge in [-0.15, -0.1) is 0 Å². The third-order valence-electron chi connectivity index (χ3n) is 3.90. The highest BCUT2D eigenvalue weighted by molar-refractivity contribution is 6.40. The summed E-state index contributed by atoms with van der Waals surface area (Å²) >= 11 is 12.3. The number of amides is 1. The molecule has 0 unspecified atom stereocenters. The third-order valence-corrected chi connectivity index (χ3v) is 4.53. The van der Waals surface area contributed by atoms with Gasteiger partial charge in [-0.05, 0) is 31.3 Å². The van der Waals surface area contributed by atoms with Crippen LogP contribution < -0.4 is 16.0 Å². The highest BCUT2D eigenvalue weighted by Gasteiger charge is 2.16. The summed E-state index contributed by atoms with van der Waals surface area (Å²) in [5.41, 5.74) is 2.49. The Morgan fingerprint density at radius 2 is 1.73 bits per heavy atom. The maximum Gasteiger partial charge on any atom is 0.258 e. The average Bonchev–Trinajstić information content (AvgIpc) is 2.62. The van der Waals surface area contributed by atoms with Gasteiger partial charge >= 0.3 is 0 Å². The first kappa shape index (κ1) is 18.5. The van der Waals surface area contributed by atoms with E-state index < -0.39 is 0 Å². The van der Waals surface area contributed by atoms with Gasteiger partial charge in [0.1, 0.15) is 0 Å². The molecule has 0 aliphatic heterocycles. The summed E-state index contributed by atoms with van der Waals surface area (Å²) in [5.74, 6) is -0.372. The number of anilines is 2. The first-order chi connectivity index (χ1) is 12.6. The SMILES string of the molecule is CNCCNc1ccnc2c(NC(=O)c3c(Cl)cccc3Cl)cccc12. The van der Waals surface area contributed by atoms with Crippen LogP contribution in [0.15, 0.2) is 48.7 Å². The molecule has 0 aliphatic rings. The summed E-state index contributed by atoms with van der Waals surface area (Å²) in [6, 6.07) is 12.5. The van der Waals surface area contributed by atoms with Crippen molar-refractivity contribution < 1.29 is 4.79 Å². The molecule has 5 nitrogen and oxygen atoms in total. The van der Waals surface area contributed by atoms with Crippen LogP contribution in [0.3, 0.4) is 0 Å². The molecule has 0 fully saturated rings. The maximum absolute atomic E-state index is 12.7. The highest BCUT2D eigenvalue weighted by Crippen LogP contribution is 2.29. The van der Waals surface area contributed by atoms with E-state index in [1.807, 2.05) is 25.2 Å². The number of carbonyl (C=O) groups excluding carboxylic acids is 1. The monoisotopic (exact) mass is 388 g/mol. The molecule has 1 heterocycles. The lowest BCUT2D eigenvalue weighted by Crippen LogP contribution is -2.18. The number of likely N-dealkylation sites (N-methyl/N-ethyl adjacent to an activating group) is 1. The number of rotatable bonds is 6. The second kappa shape index (κ2) is 8.36. The molecule has 0 saturated carbocycles. The van der Waals surface area contributed by atoms with E-state index in [0.717, 1.165) is 24.2 Å². The molecule has 7 heteroatoms. The van der Waals surface area contributed by atoms with Crippen molar-refractivity contribution in [2.45, 2.75) is 0 Å². The summed E-state index contributed by atoms with van der Waals surface area (Å²) in [5, 5.41) is 10.9. The largest absolute Gasteiger partial charge is 0.383 e. The normalized spacial score (nSPS) is 10.7. The van der Waals surface area contributed by atoms with E-state index in [1.165, 1.54) is 0 Å². The molecule has 0 bridgehead atoms. The van der Waals surface area contributed by atoms with E-state index in [-0.39, 0.29) is 11.5 Å². The molecular weight excluding hydrogens is 371 g/mol. The lowest BCUT2D eigenvalue weighted by atomic mass is 10.1. The molecular formula is C19H18Cl2N4O. The number of aromatic nitrogens is 1. The standard InChI is InChI=1S/C19H18Cl2N4O/c1-22-10-11-23-15-8-9-24-18-12(15)4-2-7-16(18)25-19(26)17-13(20)5-3-6-14(17)21/h2-9,22H,10-11H2,1H3,(H,23,24)(H,25,26). The molecule has 1 amide bonds. The van der Waals surface area contributed by atoms with Gasteiger partial charge in [0.2, 0.25) is 0 Å². The minimum Gasteiger partial charge on any atom is -0.383 e. The van der Waals surface area contributed by atoms with Crippen molar-refractivity contribution >= 4 is 51.4 Å². The van der Waals surface area contributed by atoms with Crippen LogP contribution in [0.4, 0.5) is 11.4 Å². The third kappa shape index (κ3) is 3.90. The van der Waals surface area contributed by atoms with Crippen molar-refractivity contribution in [3.63, 3.8) is 0 Å². The molecule has 0 saturated heterocycles. The zero-order valence-electron chi connectivity index (χ0n) is 14.1. The van der Waals surface area contributed by atoms with Gasteiger partial charge in [0.05, 0.1) is 26.8 Å². The topological polar surface area (TPSA) is 66.1 Å². The van der Waals surface area contributed by atoms with Crippen LogP contribution in [-0.4, -0.2) is 31.0 Å². The van der Waals surface area contributed by atoms with Gasteiger partial charge in [0.15, 0.2) is 0 Å². The van der Waals surface area contributed by atoms with Crippen LogP contribution in [0.25, 0.3) is 10.9 Å². The van der Waals surface area contributed by atoms with Crippen molar-refractivity contribution in [3.05, 3.63) is 64.3 Å². The van der Waals surface area contributed by atoms with Crippen molar-refractivity contribution in [3.8, 4) is 0 Å². The van der Waals surface area contributed by atoms with E-state index in [2.05, 4.69) is 20.9 Å². The van der Waals surface area contributed by atoms with Crippen molar-refractivity contribution in [1.29, 1.82) is 0 Å². The van der Waals surface area contributed by atoms with Gasteiger partial charge in [-0.2, -0.15) is 0 Å². The fourth-order valence-electron chi connectivity index (χ4n) is 2.65. The Labute approximate surface area is 161 Å². The molecule has 3 N–H and O–H groups in total. The lowest BCUT2D eigenvalue weighted by molar-refractivity contribution is 0.102. The number of hydrogen-bond acceptors (Lipinski definition) is 4. The summed E-state index contributed by atoms with van der Waals surface area (Å²) in [4.78, 5) is 17.1. The fraction of sp³-hybridized carbons (Fsp3) is 0.158. The highest BCUT2D eigenvalue weighted by atomic mass is 35.5. The second-order valence-electron chi connectivity index (χ2n) is 5.64. The Bertz CT molecular complexity index is 926. The number of fused-ring (bicyclic) bond motifs is 1. The molecule has 1 aromatic heterocycles. The van der Waals surface area contributed by atoms with Gasteiger partial charge < -0.3 is 16.0 Å². The van der Waals surface area contributed by atoms with Crippen LogP contribution in [-0.2, 0) is 0 Å². The minimum atomic E-state index is -0.372. The quantitative estimate of drug-likeness (QED) is 0.546. The number of pyridine rings is 1. The predicted octanol–water partition coefficient (Wildman–Crippen LogP) is 4.43. The van der Waals surface area contributed by atoms with Gasteiger partial charge in [-0.1, -0.05) is 41.4 Å². The Kier molecular flexibility index (Phi) is 5.93. The summed E-state index contributed by atoms with van der Waals surface area (Å²) in [6.07, 6.45) is 1.71. The Morgan fingerprint density at radius 3 is 2.46 bits per heavy atom. The predicted molar refractivity (Wildman–Crippen MR) is 109 cm³/mol. The average molecular weight is 389 g/mol. The number of halogens is 2. The molecule has 0 aliphatic carbocycles. The number of nitrogens with zero attached hydrogens (tertiary/aromatic N) is 1. The number of nitrogens with one attached hydrogen (secondary N) is 3. The van der Waals surface area contributed by atoms with Crippen molar-refractivity contribution in [2.75, 3.05) is 30.8 Å². The van der Waals surface area contributed by atoms with Crippen LogP contribution in [0.1, 0.15) is 10.4 Å². The summed E-state index contributed by atoms with van der Waals surface area (Å²) in [6.45, 7) is 1.62. The van der Waals surface area contributed by atoms with Crippen LogP contribution in [0.5, 0.6) is 0 Å². The van der Waals surface area contributed by atoms with E-state index in [9.17, 15) is 4.79 Å². The van der Waals surface area contributed by atoms with Gasteiger partial charge in [0.25, 0.3) is 5.91 Å². The fourth-order valence-corrected chi connectivity index (χ4v) is 3.22. The molecule has 0 radical (unpaired) electrons. The first-order valence-electron chi connectivity index (χ1n) is 8.13. The first-order valence-corrected chi connectivity index (χ1v) is 8.89. The molecule has 134 valence electrons. The summed E-state index contributed by atoms with van der Waals surface area (Å²) < 4.78 is 0. The van der Waals surface area contributed by atoms with Gasteiger partial charge in [-0.25, -0.2) is 0 Å². The Hall–Kier alpha value is -2.34. The van der Waals surface area contributed by atoms with Crippen molar-refractivity contribution in [1.82, 2.24) is 10.3 Å². The van der Waals surface area contributed by atoms with E-state index in [1.54, 1.807) is 30.5 Å². The molecule has 26 heavy (non-hydrogen) atoms. The molecule has 2 aromatic carbocycles. The number of carbonyl (C=O) groups is 1. The van der Waals surface area contributed by atoms with Gasteiger partial charge in [-0.3, -0.25) is 9.78 Å². The van der Waals surface area contributed by atoms with Crippen molar-refractivity contribution in [2.24, 2.45) is 0 Å². The molecule has 3 rings (SSSR count). The molecule has 3 aromatic rings. The van der Waals surface area contributed by atoms with Crippen LogP contribution in [0, 0.1) is 0 Å².